The zero-order chi connectivity index (χ0) is 21.5. The van der Waals surface area contributed by atoms with Crippen molar-refractivity contribution >= 4 is 23.2 Å². The topological polar surface area (TPSA) is 49.0 Å². The van der Waals surface area contributed by atoms with Crippen molar-refractivity contribution in [3.63, 3.8) is 0 Å². The molecule has 3 aromatic rings. The number of aromatic nitrogens is 2. The van der Waals surface area contributed by atoms with E-state index in [0.29, 0.717) is 52.9 Å². The maximum atomic E-state index is 12.8. The van der Waals surface area contributed by atoms with Crippen molar-refractivity contribution in [1.29, 1.82) is 0 Å². The summed E-state index contributed by atoms with van der Waals surface area (Å²) < 4.78 is 38.3. The lowest BCUT2D eigenvalue weighted by Gasteiger charge is -2.27. The van der Waals surface area contributed by atoms with Crippen molar-refractivity contribution in [3.05, 3.63) is 85.2 Å². The smallest absolute Gasteiger partial charge is 0.306 e. The molecule has 30 heavy (non-hydrogen) atoms. The maximum absolute atomic E-state index is 12.8. The van der Waals surface area contributed by atoms with Crippen molar-refractivity contribution in [2.24, 2.45) is 0 Å². The van der Waals surface area contributed by atoms with Crippen LogP contribution in [-0.4, -0.2) is 21.4 Å². The highest BCUT2D eigenvalue weighted by Crippen LogP contribution is 2.30. The van der Waals surface area contributed by atoms with E-state index in [-0.39, 0.29) is 11.4 Å². The lowest BCUT2D eigenvalue weighted by atomic mass is 10.0. The highest BCUT2D eigenvalue weighted by Gasteiger charge is 2.30. The van der Waals surface area contributed by atoms with Gasteiger partial charge in [0.1, 0.15) is 5.82 Å². The quantitative estimate of drug-likeness (QED) is 0.583. The lowest BCUT2D eigenvalue weighted by molar-refractivity contribution is -0.137. The van der Waals surface area contributed by atoms with Gasteiger partial charge in [-0.25, -0.2) is 4.98 Å². The van der Waals surface area contributed by atoms with Crippen molar-refractivity contribution in [3.8, 4) is 11.4 Å². The van der Waals surface area contributed by atoms with Gasteiger partial charge in [-0.3, -0.25) is 9.69 Å². The maximum Gasteiger partial charge on any atom is 0.416 e. The van der Waals surface area contributed by atoms with Crippen LogP contribution < -0.4 is 5.56 Å². The number of nitrogens with one attached hydrogen (secondary N) is 1. The SMILES string of the molecule is O=c1[nH]c(-c2ccc(C(F)(F)F)cc2)nc2c1CN(Cc1cc(Cl)cc(Cl)c1)CC2. The van der Waals surface area contributed by atoms with Crippen LogP contribution in [0.3, 0.4) is 0 Å². The van der Waals surface area contributed by atoms with Crippen LogP contribution in [-0.2, 0) is 25.7 Å². The molecule has 0 atom stereocenters. The number of alkyl halides is 3. The fraction of sp³-hybridized carbons (Fsp3) is 0.238. The number of nitrogens with zero attached hydrogens (tertiary/aromatic N) is 2. The lowest BCUT2D eigenvalue weighted by Crippen LogP contribution is -2.35. The molecule has 0 spiro atoms. The fourth-order valence-corrected chi connectivity index (χ4v) is 4.10. The number of rotatable bonds is 3. The van der Waals surface area contributed by atoms with Gasteiger partial charge < -0.3 is 4.98 Å². The summed E-state index contributed by atoms with van der Waals surface area (Å²) in [5, 5.41) is 1.10. The highest BCUT2D eigenvalue weighted by molar-refractivity contribution is 6.34. The van der Waals surface area contributed by atoms with Crippen LogP contribution >= 0.6 is 23.2 Å². The minimum atomic E-state index is -4.41. The molecular weight excluding hydrogens is 438 g/mol. The van der Waals surface area contributed by atoms with Gasteiger partial charge in [-0.2, -0.15) is 13.2 Å². The molecule has 0 saturated carbocycles. The van der Waals surface area contributed by atoms with E-state index in [2.05, 4.69) is 14.9 Å². The predicted molar refractivity (Wildman–Crippen MR) is 110 cm³/mol. The van der Waals surface area contributed by atoms with E-state index in [1.165, 1.54) is 12.1 Å². The third-order valence-corrected chi connectivity index (χ3v) is 5.40. The van der Waals surface area contributed by atoms with E-state index < -0.39 is 11.7 Å². The Hall–Kier alpha value is -2.35. The first-order valence-corrected chi connectivity index (χ1v) is 9.91. The van der Waals surface area contributed by atoms with Gasteiger partial charge in [-0.15, -0.1) is 0 Å². The monoisotopic (exact) mass is 453 g/mol. The molecule has 1 N–H and O–H groups in total. The van der Waals surface area contributed by atoms with Gasteiger partial charge in [-0.05, 0) is 35.9 Å². The molecule has 2 aromatic carbocycles. The molecule has 1 aromatic heterocycles. The molecular formula is C21H16Cl2F3N3O. The number of aromatic amines is 1. The molecule has 4 nitrogen and oxygen atoms in total. The number of benzene rings is 2. The Bertz CT molecular complexity index is 1120. The number of hydrogen-bond donors (Lipinski definition) is 1. The molecule has 1 aliphatic rings. The second-order valence-electron chi connectivity index (χ2n) is 7.15. The van der Waals surface area contributed by atoms with Crippen LogP contribution in [0.4, 0.5) is 13.2 Å². The molecule has 156 valence electrons. The van der Waals surface area contributed by atoms with Crippen LogP contribution in [0.5, 0.6) is 0 Å². The Kier molecular flexibility index (Phi) is 5.61. The Morgan fingerprint density at radius 3 is 2.37 bits per heavy atom. The second-order valence-corrected chi connectivity index (χ2v) is 8.03. The van der Waals surface area contributed by atoms with Crippen LogP contribution in [0.15, 0.2) is 47.3 Å². The molecule has 0 amide bonds. The van der Waals surface area contributed by atoms with Crippen LogP contribution in [0.25, 0.3) is 11.4 Å². The molecule has 0 saturated heterocycles. The normalized spacial score (nSPS) is 14.6. The summed E-state index contributed by atoms with van der Waals surface area (Å²) in [6, 6.07) is 9.91. The fourth-order valence-electron chi connectivity index (χ4n) is 3.53. The second kappa shape index (κ2) is 8.06. The van der Waals surface area contributed by atoms with Gasteiger partial charge in [0.2, 0.25) is 0 Å². The Labute approximate surface area is 180 Å². The first-order chi connectivity index (χ1) is 14.2. The van der Waals surface area contributed by atoms with Gasteiger partial charge in [0.15, 0.2) is 0 Å². The van der Waals surface area contributed by atoms with Gasteiger partial charge >= 0.3 is 6.18 Å². The molecule has 9 heteroatoms. The number of halogens is 5. The minimum Gasteiger partial charge on any atom is -0.306 e. The van der Waals surface area contributed by atoms with Crippen molar-refractivity contribution in [2.45, 2.75) is 25.7 Å². The van der Waals surface area contributed by atoms with E-state index in [4.69, 9.17) is 23.2 Å². The van der Waals surface area contributed by atoms with Crippen LogP contribution in [0.1, 0.15) is 22.4 Å². The number of H-pyrrole nitrogens is 1. The summed E-state index contributed by atoms with van der Waals surface area (Å²) in [4.78, 5) is 21.9. The summed E-state index contributed by atoms with van der Waals surface area (Å²) in [6.45, 7) is 1.68. The highest BCUT2D eigenvalue weighted by atomic mass is 35.5. The zero-order valence-electron chi connectivity index (χ0n) is 15.6. The van der Waals surface area contributed by atoms with E-state index in [1.807, 2.05) is 12.1 Å². The first-order valence-electron chi connectivity index (χ1n) is 9.16. The summed E-state index contributed by atoms with van der Waals surface area (Å²) in [7, 11) is 0. The molecule has 0 fully saturated rings. The molecule has 0 bridgehead atoms. The third kappa shape index (κ3) is 4.53. The molecule has 0 radical (unpaired) electrons. The molecule has 1 aliphatic heterocycles. The Morgan fingerprint density at radius 2 is 1.73 bits per heavy atom. The van der Waals surface area contributed by atoms with Gasteiger partial charge in [0.25, 0.3) is 5.56 Å². The Balaban J connectivity index is 1.56. The minimum absolute atomic E-state index is 0.266. The molecule has 2 heterocycles. The van der Waals surface area contributed by atoms with Crippen molar-refractivity contribution in [2.75, 3.05) is 6.54 Å². The molecule has 4 rings (SSSR count). The van der Waals surface area contributed by atoms with Crippen molar-refractivity contribution in [1.82, 2.24) is 14.9 Å². The molecule has 0 unspecified atom stereocenters. The average molecular weight is 454 g/mol. The summed E-state index contributed by atoms with van der Waals surface area (Å²) >= 11 is 12.1. The van der Waals surface area contributed by atoms with E-state index in [0.717, 1.165) is 17.7 Å². The molecule has 0 aliphatic carbocycles. The van der Waals surface area contributed by atoms with E-state index in [9.17, 15) is 18.0 Å². The van der Waals surface area contributed by atoms with Gasteiger partial charge in [0.05, 0.1) is 16.8 Å². The first kappa shape index (κ1) is 20.9. The predicted octanol–water partition coefficient (Wildman–Crippen LogP) is 5.32. The van der Waals surface area contributed by atoms with E-state index >= 15 is 0 Å². The third-order valence-electron chi connectivity index (χ3n) is 4.96. The largest absolute Gasteiger partial charge is 0.416 e. The Morgan fingerprint density at radius 1 is 1.07 bits per heavy atom. The zero-order valence-corrected chi connectivity index (χ0v) is 17.1. The van der Waals surface area contributed by atoms with Crippen LogP contribution in [0.2, 0.25) is 10.0 Å². The van der Waals surface area contributed by atoms with Crippen molar-refractivity contribution < 1.29 is 13.2 Å². The number of hydrogen-bond acceptors (Lipinski definition) is 3. The van der Waals surface area contributed by atoms with Gasteiger partial charge in [-0.1, -0.05) is 35.3 Å². The summed E-state index contributed by atoms with van der Waals surface area (Å²) in [5.41, 5.74) is 1.56. The number of fused-ring (bicyclic) bond motifs is 1. The average Bonchev–Trinajstić information content (AvgIpc) is 2.67. The summed E-state index contributed by atoms with van der Waals surface area (Å²) in [6.07, 6.45) is -3.85. The van der Waals surface area contributed by atoms with Crippen LogP contribution in [0, 0.1) is 0 Å². The standard InChI is InChI=1S/C21H16Cl2F3N3O/c22-15-7-12(8-16(23)9-15)10-29-6-5-18-17(11-29)20(30)28-19(27-18)13-1-3-14(4-2-13)21(24,25)26/h1-4,7-9H,5-6,10-11H2,(H,27,28,30). The van der Waals surface area contributed by atoms with Gasteiger partial charge in [0, 0.05) is 41.7 Å². The summed E-state index contributed by atoms with van der Waals surface area (Å²) in [5.74, 6) is 0.266. The van der Waals surface area contributed by atoms with E-state index in [1.54, 1.807) is 6.07 Å².